The zero-order chi connectivity index (χ0) is 12.3. The lowest BCUT2D eigenvalue weighted by atomic mass is 10.2. The molecule has 0 saturated carbocycles. The molecule has 1 aromatic heterocycles. The first kappa shape index (κ1) is 11.7. The van der Waals surface area contributed by atoms with Crippen molar-refractivity contribution >= 4 is 27.5 Å². The van der Waals surface area contributed by atoms with Crippen LogP contribution in [0, 0.1) is 6.92 Å². The lowest BCUT2D eigenvalue weighted by Gasteiger charge is -2.04. The Bertz CT molecular complexity index is 540. The predicted octanol–water partition coefficient (Wildman–Crippen LogP) is 2.80. The first-order valence-electron chi connectivity index (χ1n) is 5.01. The van der Waals surface area contributed by atoms with Crippen LogP contribution in [-0.4, -0.2) is 15.9 Å². The van der Waals surface area contributed by atoms with Crippen LogP contribution in [-0.2, 0) is 0 Å². The van der Waals surface area contributed by atoms with Gasteiger partial charge in [0.05, 0.1) is 12.4 Å². The Labute approximate surface area is 107 Å². The molecule has 1 amide bonds. The van der Waals surface area contributed by atoms with Crippen molar-refractivity contribution in [2.24, 2.45) is 0 Å². The number of halogens is 1. The van der Waals surface area contributed by atoms with E-state index in [4.69, 9.17) is 0 Å². The first-order valence-corrected chi connectivity index (χ1v) is 5.80. The minimum Gasteiger partial charge on any atom is -0.321 e. The van der Waals surface area contributed by atoms with Crippen molar-refractivity contribution in [2.75, 3.05) is 5.32 Å². The van der Waals surface area contributed by atoms with Gasteiger partial charge in [0.1, 0.15) is 10.3 Å². The highest BCUT2D eigenvalue weighted by molar-refractivity contribution is 9.10. The minimum absolute atomic E-state index is 0.268. The van der Waals surface area contributed by atoms with E-state index in [1.54, 1.807) is 0 Å². The topological polar surface area (TPSA) is 54.9 Å². The number of carbonyl (C=O) groups excluding carboxylic acids is 1. The van der Waals surface area contributed by atoms with Crippen LogP contribution in [0.1, 0.15) is 16.1 Å². The Hall–Kier alpha value is -1.75. The summed E-state index contributed by atoms with van der Waals surface area (Å²) in [5.41, 5.74) is 2.12. The SMILES string of the molecule is Cc1cccc(NC(=O)c2cnc(Br)cn2)c1. The normalized spacial score (nSPS) is 10.0. The number of hydrogen-bond donors (Lipinski definition) is 1. The van der Waals surface area contributed by atoms with Crippen molar-refractivity contribution in [3.05, 3.63) is 52.5 Å². The molecule has 0 aliphatic carbocycles. The van der Waals surface area contributed by atoms with Crippen LogP contribution in [0.5, 0.6) is 0 Å². The van der Waals surface area contributed by atoms with Gasteiger partial charge in [0.25, 0.3) is 5.91 Å². The van der Waals surface area contributed by atoms with Crippen LogP contribution >= 0.6 is 15.9 Å². The molecule has 0 aliphatic heterocycles. The summed E-state index contributed by atoms with van der Waals surface area (Å²) in [6, 6.07) is 7.58. The number of benzene rings is 1. The molecule has 1 aromatic carbocycles. The summed E-state index contributed by atoms with van der Waals surface area (Å²) in [5, 5.41) is 2.76. The number of rotatable bonds is 2. The molecule has 0 fully saturated rings. The van der Waals surface area contributed by atoms with Crippen LogP contribution in [0.4, 0.5) is 5.69 Å². The van der Waals surface area contributed by atoms with Crippen molar-refractivity contribution in [3.63, 3.8) is 0 Å². The predicted molar refractivity (Wildman–Crippen MR) is 68.9 cm³/mol. The lowest BCUT2D eigenvalue weighted by Crippen LogP contribution is -2.13. The van der Waals surface area contributed by atoms with Crippen molar-refractivity contribution in [1.82, 2.24) is 9.97 Å². The van der Waals surface area contributed by atoms with E-state index in [1.807, 2.05) is 31.2 Å². The van der Waals surface area contributed by atoms with Gasteiger partial charge in [0.2, 0.25) is 0 Å². The molecular formula is C12H10BrN3O. The zero-order valence-corrected chi connectivity index (χ0v) is 10.7. The molecule has 2 rings (SSSR count). The summed E-state index contributed by atoms with van der Waals surface area (Å²) >= 11 is 3.17. The number of anilines is 1. The van der Waals surface area contributed by atoms with Gasteiger partial charge in [-0.15, -0.1) is 0 Å². The van der Waals surface area contributed by atoms with Gasteiger partial charge < -0.3 is 5.32 Å². The Morgan fingerprint density at radius 2 is 2.12 bits per heavy atom. The standard InChI is InChI=1S/C12H10BrN3O/c1-8-3-2-4-9(5-8)16-12(17)10-6-15-11(13)7-14-10/h2-7H,1H3,(H,16,17). The van der Waals surface area contributed by atoms with Gasteiger partial charge in [-0.25, -0.2) is 9.97 Å². The minimum atomic E-state index is -0.268. The second kappa shape index (κ2) is 5.05. The monoisotopic (exact) mass is 291 g/mol. The summed E-state index contributed by atoms with van der Waals surface area (Å²) < 4.78 is 0.601. The molecule has 4 nitrogen and oxygen atoms in total. The molecule has 1 N–H and O–H groups in total. The number of amides is 1. The van der Waals surface area contributed by atoms with Gasteiger partial charge in [-0.1, -0.05) is 12.1 Å². The highest BCUT2D eigenvalue weighted by Crippen LogP contribution is 2.11. The highest BCUT2D eigenvalue weighted by atomic mass is 79.9. The quantitative estimate of drug-likeness (QED) is 0.926. The van der Waals surface area contributed by atoms with Crippen molar-refractivity contribution in [3.8, 4) is 0 Å². The molecule has 0 spiro atoms. The van der Waals surface area contributed by atoms with Gasteiger partial charge in [-0.3, -0.25) is 4.79 Å². The second-order valence-electron chi connectivity index (χ2n) is 3.55. The number of carbonyl (C=O) groups is 1. The third kappa shape index (κ3) is 3.10. The van der Waals surface area contributed by atoms with Gasteiger partial charge in [-0.05, 0) is 40.5 Å². The number of hydrogen-bond acceptors (Lipinski definition) is 3. The summed E-state index contributed by atoms with van der Waals surface area (Å²) in [7, 11) is 0. The van der Waals surface area contributed by atoms with Gasteiger partial charge in [-0.2, -0.15) is 0 Å². The molecule has 0 bridgehead atoms. The number of nitrogens with one attached hydrogen (secondary N) is 1. The summed E-state index contributed by atoms with van der Waals surface area (Å²) in [6.45, 7) is 1.97. The largest absolute Gasteiger partial charge is 0.321 e. The summed E-state index contributed by atoms with van der Waals surface area (Å²) in [6.07, 6.45) is 2.92. The maximum absolute atomic E-state index is 11.8. The van der Waals surface area contributed by atoms with E-state index in [0.29, 0.717) is 4.60 Å². The van der Waals surface area contributed by atoms with Crippen LogP contribution in [0.3, 0.4) is 0 Å². The average Bonchev–Trinajstić information content (AvgIpc) is 2.29. The molecule has 0 saturated heterocycles. The molecule has 5 heteroatoms. The van der Waals surface area contributed by atoms with Gasteiger partial charge in [0, 0.05) is 5.69 Å². The lowest BCUT2D eigenvalue weighted by molar-refractivity contribution is 0.102. The zero-order valence-electron chi connectivity index (χ0n) is 9.14. The molecule has 1 heterocycles. The van der Waals surface area contributed by atoms with Crippen molar-refractivity contribution in [1.29, 1.82) is 0 Å². The van der Waals surface area contributed by atoms with Gasteiger partial charge >= 0.3 is 0 Å². The van der Waals surface area contributed by atoms with Crippen LogP contribution < -0.4 is 5.32 Å². The van der Waals surface area contributed by atoms with E-state index in [9.17, 15) is 4.79 Å². The average molecular weight is 292 g/mol. The Morgan fingerprint density at radius 1 is 1.29 bits per heavy atom. The van der Waals surface area contributed by atoms with Gasteiger partial charge in [0.15, 0.2) is 0 Å². The van der Waals surface area contributed by atoms with E-state index in [-0.39, 0.29) is 11.6 Å². The molecule has 17 heavy (non-hydrogen) atoms. The Kier molecular flexibility index (Phi) is 3.49. The fourth-order valence-corrected chi connectivity index (χ4v) is 1.55. The maximum Gasteiger partial charge on any atom is 0.275 e. The van der Waals surface area contributed by atoms with E-state index < -0.39 is 0 Å². The van der Waals surface area contributed by atoms with E-state index in [1.165, 1.54) is 12.4 Å². The van der Waals surface area contributed by atoms with Crippen molar-refractivity contribution < 1.29 is 4.79 Å². The summed E-state index contributed by atoms with van der Waals surface area (Å²) in [5.74, 6) is -0.268. The molecule has 0 radical (unpaired) electrons. The number of aromatic nitrogens is 2. The molecular weight excluding hydrogens is 282 g/mol. The second-order valence-corrected chi connectivity index (χ2v) is 4.36. The first-order chi connectivity index (χ1) is 8.15. The molecule has 2 aromatic rings. The van der Waals surface area contributed by atoms with E-state index >= 15 is 0 Å². The summed E-state index contributed by atoms with van der Waals surface area (Å²) in [4.78, 5) is 19.7. The third-order valence-corrected chi connectivity index (χ3v) is 2.54. The fourth-order valence-electron chi connectivity index (χ4n) is 1.35. The fraction of sp³-hybridized carbons (Fsp3) is 0.0833. The van der Waals surface area contributed by atoms with Crippen LogP contribution in [0.15, 0.2) is 41.3 Å². The smallest absolute Gasteiger partial charge is 0.275 e. The van der Waals surface area contributed by atoms with E-state index in [0.717, 1.165) is 11.3 Å². The Balaban J connectivity index is 2.14. The number of nitrogens with zero attached hydrogens (tertiary/aromatic N) is 2. The number of aryl methyl sites for hydroxylation is 1. The van der Waals surface area contributed by atoms with E-state index in [2.05, 4.69) is 31.2 Å². The highest BCUT2D eigenvalue weighted by Gasteiger charge is 2.07. The maximum atomic E-state index is 11.8. The Morgan fingerprint density at radius 3 is 2.76 bits per heavy atom. The molecule has 0 atom stereocenters. The molecule has 0 unspecified atom stereocenters. The molecule has 86 valence electrons. The van der Waals surface area contributed by atoms with Crippen LogP contribution in [0.2, 0.25) is 0 Å². The van der Waals surface area contributed by atoms with Crippen LogP contribution in [0.25, 0.3) is 0 Å². The molecule has 0 aliphatic rings. The third-order valence-electron chi connectivity index (χ3n) is 2.13. The van der Waals surface area contributed by atoms with Crippen molar-refractivity contribution in [2.45, 2.75) is 6.92 Å².